The number of guanidine groups is 1. The number of amides is 1. The Labute approximate surface area is 149 Å². The Morgan fingerprint density at radius 1 is 1.33 bits per heavy atom. The zero-order chi connectivity index (χ0) is 17.4. The average molecular weight is 352 g/mol. The molecule has 0 aromatic carbocycles. The Balaban J connectivity index is 1.93. The molecular formula is C17H29N5OS. The predicted molar refractivity (Wildman–Crippen MR) is 102 cm³/mol. The molecule has 0 spiro atoms. The topological polar surface area (TPSA) is 51.2 Å². The van der Waals surface area contributed by atoms with E-state index in [0.717, 1.165) is 51.5 Å². The minimum atomic E-state index is 0.0296. The fourth-order valence-electron chi connectivity index (χ4n) is 2.52. The van der Waals surface area contributed by atoms with Crippen molar-refractivity contribution in [2.75, 3.05) is 58.3 Å². The molecule has 0 unspecified atom stereocenters. The van der Waals surface area contributed by atoms with Crippen molar-refractivity contribution in [3.05, 3.63) is 17.5 Å². The van der Waals surface area contributed by atoms with Gasteiger partial charge in [0.25, 0.3) is 0 Å². The van der Waals surface area contributed by atoms with Crippen LogP contribution >= 0.6 is 11.3 Å². The maximum atomic E-state index is 11.8. The molecule has 2 heterocycles. The summed E-state index contributed by atoms with van der Waals surface area (Å²) in [5.41, 5.74) is 0. The minimum Gasteiger partial charge on any atom is -0.360 e. The molecule has 1 aliphatic heterocycles. The van der Waals surface area contributed by atoms with Crippen LogP contribution in [0, 0.1) is 0 Å². The van der Waals surface area contributed by atoms with Crippen LogP contribution in [0.15, 0.2) is 22.5 Å². The maximum absolute atomic E-state index is 11.8. The van der Waals surface area contributed by atoms with Gasteiger partial charge >= 0.3 is 0 Å². The number of hydrogen-bond donors (Lipinski definition) is 1. The first-order valence-electron chi connectivity index (χ1n) is 8.63. The number of unbranched alkanes of at least 4 members (excludes halogenated alkanes) is 1. The van der Waals surface area contributed by atoms with Gasteiger partial charge in [-0.05, 0) is 23.9 Å². The number of thiophene rings is 1. The van der Waals surface area contributed by atoms with Crippen molar-refractivity contribution in [3.8, 4) is 0 Å². The Morgan fingerprint density at radius 3 is 2.67 bits per heavy atom. The lowest BCUT2D eigenvalue weighted by Gasteiger charge is -2.37. The molecule has 0 atom stereocenters. The first kappa shape index (κ1) is 18.6. The minimum absolute atomic E-state index is 0.0296. The summed E-state index contributed by atoms with van der Waals surface area (Å²) in [4.78, 5) is 22.6. The standard InChI is InChI=1S/C17H29N5OS/c1-4-5-8-18-17(19-14-15(23)20(2)3)22-11-9-21(10-12-22)16-7-6-13-24-16/h6-7,13H,4-5,8-12,14H2,1-3H3,(H,18,19). The van der Waals surface area contributed by atoms with E-state index in [1.165, 1.54) is 5.00 Å². The second-order valence-electron chi connectivity index (χ2n) is 6.13. The van der Waals surface area contributed by atoms with Crippen LogP contribution in [0.1, 0.15) is 19.8 Å². The third-order valence-electron chi connectivity index (χ3n) is 4.07. The first-order chi connectivity index (χ1) is 11.6. The van der Waals surface area contributed by atoms with Crippen LogP contribution in [0.4, 0.5) is 5.00 Å². The summed E-state index contributed by atoms with van der Waals surface area (Å²) in [7, 11) is 3.53. The zero-order valence-corrected chi connectivity index (χ0v) is 15.8. The molecule has 24 heavy (non-hydrogen) atoms. The molecule has 1 amide bonds. The Morgan fingerprint density at radius 2 is 2.08 bits per heavy atom. The van der Waals surface area contributed by atoms with Crippen LogP contribution < -0.4 is 10.2 Å². The fraction of sp³-hybridized carbons (Fsp3) is 0.647. The van der Waals surface area contributed by atoms with E-state index >= 15 is 0 Å². The van der Waals surface area contributed by atoms with Crippen molar-refractivity contribution in [3.63, 3.8) is 0 Å². The van der Waals surface area contributed by atoms with Crippen molar-refractivity contribution in [2.45, 2.75) is 19.8 Å². The summed E-state index contributed by atoms with van der Waals surface area (Å²) in [6, 6.07) is 4.27. The average Bonchev–Trinajstić information content (AvgIpc) is 3.12. The van der Waals surface area contributed by atoms with E-state index in [4.69, 9.17) is 0 Å². The first-order valence-corrected chi connectivity index (χ1v) is 9.51. The van der Waals surface area contributed by atoms with Gasteiger partial charge in [0.2, 0.25) is 5.91 Å². The van der Waals surface area contributed by atoms with Gasteiger partial charge in [-0.25, -0.2) is 4.99 Å². The van der Waals surface area contributed by atoms with Crippen molar-refractivity contribution in [1.29, 1.82) is 0 Å². The molecule has 1 N–H and O–H groups in total. The van der Waals surface area contributed by atoms with E-state index < -0.39 is 0 Å². The number of nitrogens with zero attached hydrogens (tertiary/aromatic N) is 4. The van der Waals surface area contributed by atoms with E-state index in [9.17, 15) is 4.79 Å². The van der Waals surface area contributed by atoms with E-state index in [1.54, 1.807) is 30.3 Å². The third kappa shape index (κ3) is 5.40. The zero-order valence-electron chi connectivity index (χ0n) is 15.0. The molecule has 0 radical (unpaired) electrons. The third-order valence-corrected chi connectivity index (χ3v) is 5.00. The highest BCUT2D eigenvalue weighted by molar-refractivity contribution is 7.14. The number of carbonyl (C=O) groups is 1. The second kappa shape index (κ2) is 9.52. The number of hydrogen-bond acceptors (Lipinski definition) is 4. The molecule has 134 valence electrons. The summed E-state index contributed by atoms with van der Waals surface area (Å²) in [5.74, 6) is 0.895. The van der Waals surface area contributed by atoms with Crippen molar-refractivity contribution >= 4 is 28.2 Å². The van der Waals surface area contributed by atoms with Gasteiger partial charge in [0, 0.05) is 46.8 Å². The van der Waals surface area contributed by atoms with Crippen molar-refractivity contribution in [1.82, 2.24) is 15.1 Å². The molecule has 1 aromatic heterocycles. The van der Waals surface area contributed by atoms with Crippen LogP contribution in [-0.2, 0) is 4.79 Å². The van der Waals surface area contributed by atoms with Crippen LogP contribution in [-0.4, -0.2) is 75.0 Å². The second-order valence-corrected chi connectivity index (χ2v) is 7.06. The Kier molecular flexibility index (Phi) is 7.36. The van der Waals surface area contributed by atoms with Crippen LogP contribution in [0.3, 0.4) is 0 Å². The molecule has 1 aromatic rings. The van der Waals surface area contributed by atoms with Crippen LogP contribution in [0.25, 0.3) is 0 Å². The number of aliphatic imine (C=N–C) groups is 1. The summed E-state index contributed by atoms with van der Waals surface area (Å²) < 4.78 is 0. The number of nitrogens with one attached hydrogen (secondary N) is 1. The van der Waals surface area contributed by atoms with Gasteiger partial charge in [-0.3, -0.25) is 4.79 Å². The summed E-state index contributed by atoms with van der Waals surface area (Å²) in [5, 5.41) is 6.87. The molecule has 7 heteroatoms. The van der Waals surface area contributed by atoms with Gasteiger partial charge in [0.05, 0.1) is 5.00 Å². The number of piperazine rings is 1. The van der Waals surface area contributed by atoms with E-state index in [-0.39, 0.29) is 12.5 Å². The lowest BCUT2D eigenvalue weighted by Crippen LogP contribution is -2.52. The Hall–Kier alpha value is -1.76. The molecular weight excluding hydrogens is 322 g/mol. The van der Waals surface area contributed by atoms with Crippen molar-refractivity contribution in [2.24, 2.45) is 4.99 Å². The summed E-state index contributed by atoms with van der Waals surface area (Å²) in [6.45, 7) is 7.09. The highest BCUT2D eigenvalue weighted by Gasteiger charge is 2.20. The molecule has 0 saturated carbocycles. The van der Waals surface area contributed by atoms with Crippen molar-refractivity contribution < 1.29 is 4.79 Å². The van der Waals surface area contributed by atoms with Crippen LogP contribution in [0.5, 0.6) is 0 Å². The number of carbonyl (C=O) groups excluding carboxylic acids is 1. The molecule has 0 aliphatic carbocycles. The van der Waals surface area contributed by atoms with E-state index in [0.29, 0.717) is 0 Å². The summed E-state index contributed by atoms with van der Waals surface area (Å²) >= 11 is 1.78. The molecule has 1 aliphatic rings. The lowest BCUT2D eigenvalue weighted by atomic mass is 10.3. The number of rotatable bonds is 6. The molecule has 0 bridgehead atoms. The fourth-order valence-corrected chi connectivity index (χ4v) is 3.30. The molecule has 1 fully saturated rings. The lowest BCUT2D eigenvalue weighted by molar-refractivity contribution is -0.127. The SMILES string of the molecule is CCCCNC(=NCC(=O)N(C)C)N1CCN(c2cccs2)CC1. The smallest absolute Gasteiger partial charge is 0.243 e. The number of anilines is 1. The van der Waals surface area contributed by atoms with Gasteiger partial charge in [-0.1, -0.05) is 13.3 Å². The van der Waals surface area contributed by atoms with Gasteiger partial charge in [-0.15, -0.1) is 11.3 Å². The highest BCUT2D eigenvalue weighted by atomic mass is 32.1. The normalized spacial score (nSPS) is 15.5. The largest absolute Gasteiger partial charge is 0.360 e. The number of likely N-dealkylation sites (N-methyl/N-ethyl adjacent to an activating group) is 1. The Bertz CT molecular complexity index is 521. The predicted octanol–water partition coefficient (Wildman–Crippen LogP) is 1.70. The molecule has 6 nitrogen and oxygen atoms in total. The van der Waals surface area contributed by atoms with Crippen LogP contribution in [0.2, 0.25) is 0 Å². The molecule has 1 saturated heterocycles. The van der Waals surface area contributed by atoms with Gasteiger partial charge in [0.15, 0.2) is 5.96 Å². The van der Waals surface area contributed by atoms with Gasteiger partial charge in [-0.2, -0.15) is 0 Å². The summed E-state index contributed by atoms with van der Waals surface area (Å²) in [6.07, 6.45) is 2.25. The van der Waals surface area contributed by atoms with Gasteiger partial charge in [0.1, 0.15) is 6.54 Å². The van der Waals surface area contributed by atoms with Gasteiger partial charge < -0.3 is 20.0 Å². The van der Waals surface area contributed by atoms with E-state index in [2.05, 4.69) is 44.5 Å². The van der Waals surface area contributed by atoms with E-state index in [1.807, 2.05) is 0 Å². The molecule has 2 rings (SSSR count). The highest BCUT2D eigenvalue weighted by Crippen LogP contribution is 2.22. The quantitative estimate of drug-likeness (QED) is 0.482. The maximum Gasteiger partial charge on any atom is 0.243 e. The monoisotopic (exact) mass is 351 g/mol.